The van der Waals surface area contributed by atoms with Crippen LogP contribution in [0.4, 0.5) is 0 Å². The van der Waals surface area contributed by atoms with Crippen molar-refractivity contribution in [1.82, 2.24) is 5.32 Å². The molecule has 110 valence electrons. The number of hydrogen-bond donors (Lipinski definition) is 1. The van der Waals surface area contributed by atoms with Gasteiger partial charge in [0.25, 0.3) is 5.91 Å². The summed E-state index contributed by atoms with van der Waals surface area (Å²) in [7, 11) is 0. The lowest BCUT2D eigenvalue weighted by atomic mass is 10.0. The Kier molecular flexibility index (Phi) is 5.59. The Hall–Kier alpha value is -1.13. The van der Waals surface area contributed by atoms with Crippen molar-refractivity contribution in [2.75, 3.05) is 0 Å². The molecule has 0 radical (unpaired) electrons. The van der Waals surface area contributed by atoms with E-state index >= 15 is 0 Å². The van der Waals surface area contributed by atoms with Crippen molar-refractivity contribution < 1.29 is 4.79 Å². The van der Waals surface area contributed by atoms with Gasteiger partial charge in [0.05, 0.1) is 11.6 Å². The molecule has 0 heterocycles. The Bertz CT molecular complexity index is 638. The van der Waals surface area contributed by atoms with Gasteiger partial charge in [0.1, 0.15) is 0 Å². The number of benzene rings is 2. The summed E-state index contributed by atoms with van der Waals surface area (Å²) < 4.78 is 1.89. The predicted molar refractivity (Wildman–Crippen MR) is 93.5 cm³/mol. The van der Waals surface area contributed by atoms with Gasteiger partial charge >= 0.3 is 0 Å². The van der Waals surface area contributed by atoms with Crippen molar-refractivity contribution in [3.05, 3.63) is 68.1 Å². The molecule has 0 aliphatic carbocycles. The Morgan fingerprint density at radius 3 is 2.43 bits per heavy atom. The van der Waals surface area contributed by atoms with Gasteiger partial charge in [-0.1, -0.05) is 47.1 Å². The first kappa shape index (κ1) is 16.2. The second-order valence-electron chi connectivity index (χ2n) is 4.92. The van der Waals surface area contributed by atoms with Crippen LogP contribution in [-0.2, 0) is 0 Å². The maximum atomic E-state index is 12.5. The Morgan fingerprint density at radius 2 is 1.81 bits per heavy atom. The molecule has 21 heavy (non-hydrogen) atoms. The molecule has 1 N–H and O–H groups in total. The molecule has 0 saturated heterocycles. The topological polar surface area (TPSA) is 29.1 Å². The molecule has 0 aliphatic rings. The van der Waals surface area contributed by atoms with Gasteiger partial charge in [-0.15, -0.1) is 0 Å². The highest BCUT2D eigenvalue weighted by atomic mass is 79.9. The third kappa shape index (κ3) is 3.95. The van der Waals surface area contributed by atoms with Crippen LogP contribution in [0.5, 0.6) is 0 Å². The van der Waals surface area contributed by atoms with Crippen LogP contribution < -0.4 is 5.32 Å². The van der Waals surface area contributed by atoms with Crippen LogP contribution in [0.15, 0.2) is 51.4 Å². The molecule has 0 aromatic heterocycles. The Labute approximate surface area is 142 Å². The summed E-state index contributed by atoms with van der Waals surface area (Å²) in [5, 5.41) is 3.10. The third-order valence-corrected chi connectivity index (χ3v) is 5.00. The minimum Gasteiger partial charge on any atom is -0.345 e. The van der Waals surface area contributed by atoms with Gasteiger partial charge in [0.2, 0.25) is 0 Å². The fourth-order valence-electron chi connectivity index (χ4n) is 2.17. The number of hydrogen-bond acceptors (Lipinski definition) is 1. The molecule has 0 saturated carbocycles. The van der Waals surface area contributed by atoms with Crippen molar-refractivity contribution in [1.29, 1.82) is 0 Å². The van der Waals surface area contributed by atoms with E-state index in [4.69, 9.17) is 0 Å². The zero-order chi connectivity index (χ0) is 15.4. The number of halogens is 2. The fourth-order valence-corrected chi connectivity index (χ4v) is 2.88. The molecule has 1 amide bonds. The average molecular weight is 411 g/mol. The molecule has 2 aromatic rings. The lowest BCUT2D eigenvalue weighted by molar-refractivity contribution is 0.0934. The first-order valence-electron chi connectivity index (χ1n) is 6.84. The zero-order valence-corrected chi connectivity index (χ0v) is 15.2. The summed E-state index contributed by atoms with van der Waals surface area (Å²) in [5.74, 6) is -0.0552. The molecule has 0 spiro atoms. The van der Waals surface area contributed by atoms with Crippen LogP contribution >= 0.6 is 31.9 Å². The minimum absolute atomic E-state index is 0.0120. The number of carbonyl (C=O) groups excluding carboxylic acids is 1. The highest BCUT2D eigenvalue weighted by molar-refractivity contribution is 9.10. The van der Waals surface area contributed by atoms with E-state index in [0.717, 1.165) is 26.5 Å². The molecule has 4 heteroatoms. The number of nitrogens with one attached hydrogen (secondary N) is 1. The molecule has 0 bridgehead atoms. The van der Waals surface area contributed by atoms with Crippen LogP contribution in [-0.4, -0.2) is 5.91 Å². The molecular weight excluding hydrogens is 394 g/mol. The summed E-state index contributed by atoms with van der Waals surface area (Å²) in [6.07, 6.45) is 0.844. The third-order valence-electron chi connectivity index (χ3n) is 3.42. The fraction of sp³-hybridized carbons (Fsp3) is 0.235. The Balaban J connectivity index is 2.20. The normalized spacial score (nSPS) is 12.0. The smallest absolute Gasteiger partial charge is 0.252 e. The number of aryl methyl sites for hydroxylation is 1. The average Bonchev–Trinajstić information content (AvgIpc) is 2.48. The number of rotatable bonds is 4. The first-order chi connectivity index (χ1) is 10.0. The molecule has 1 unspecified atom stereocenters. The lowest BCUT2D eigenvalue weighted by Crippen LogP contribution is -2.28. The first-order valence-corrected chi connectivity index (χ1v) is 8.43. The monoisotopic (exact) mass is 409 g/mol. The van der Waals surface area contributed by atoms with E-state index in [-0.39, 0.29) is 11.9 Å². The van der Waals surface area contributed by atoms with E-state index in [9.17, 15) is 4.79 Å². The van der Waals surface area contributed by atoms with Gasteiger partial charge in [-0.2, -0.15) is 0 Å². The molecule has 2 aromatic carbocycles. The molecule has 2 nitrogen and oxygen atoms in total. The highest BCUT2D eigenvalue weighted by Crippen LogP contribution is 2.24. The molecule has 0 fully saturated rings. The van der Waals surface area contributed by atoms with E-state index < -0.39 is 0 Å². The van der Waals surface area contributed by atoms with Gasteiger partial charge in [0.15, 0.2) is 0 Å². The van der Waals surface area contributed by atoms with Crippen molar-refractivity contribution in [2.24, 2.45) is 0 Å². The van der Waals surface area contributed by atoms with Gasteiger partial charge in [0, 0.05) is 8.95 Å². The maximum absolute atomic E-state index is 12.5. The summed E-state index contributed by atoms with van der Waals surface area (Å²) in [5.41, 5.74) is 2.84. The van der Waals surface area contributed by atoms with Gasteiger partial charge < -0.3 is 5.32 Å². The van der Waals surface area contributed by atoms with E-state index in [1.807, 2.05) is 49.4 Å². The quantitative estimate of drug-likeness (QED) is 0.717. The lowest BCUT2D eigenvalue weighted by Gasteiger charge is -2.18. The van der Waals surface area contributed by atoms with Gasteiger partial charge in [-0.25, -0.2) is 0 Å². The van der Waals surface area contributed by atoms with Gasteiger partial charge in [-0.3, -0.25) is 4.79 Å². The van der Waals surface area contributed by atoms with Crippen molar-refractivity contribution >= 4 is 37.8 Å². The molecule has 0 aliphatic heterocycles. The highest BCUT2D eigenvalue weighted by Gasteiger charge is 2.16. The van der Waals surface area contributed by atoms with Crippen LogP contribution in [0.25, 0.3) is 0 Å². The predicted octanol–water partition coefficient (Wildman–Crippen LogP) is 5.40. The summed E-state index contributed by atoms with van der Waals surface area (Å²) in [4.78, 5) is 12.5. The standard InChI is InChI=1S/C17H17Br2NO/c1-3-15(12-7-9-13(18)10-8-12)20-17(21)14-6-4-5-11(2)16(14)19/h4-10,15H,3H2,1-2H3,(H,20,21). The largest absolute Gasteiger partial charge is 0.345 e. The van der Waals surface area contributed by atoms with E-state index in [1.54, 1.807) is 0 Å². The maximum Gasteiger partial charge on any atom is 0.252 e. The van der Waals surface area contributed by atoms with Crippen LogP contribution in [0.2, 0.25) is 0 Å². The van der Waals surface area contributed by atoms with Crippen molar-refractivity contribution in [3.8, 4) is 0 Å². The minimum atomic E-state index is -0.0552. The number of amides is 1. The van der Waals surface area contributed by atoms with Crippen LogP contribution in [0, 0.1) is 6.92 Å². The summed E-state index contributed by atoms with van der Waals surface area (Å²) in [6.45, 7) is 4.05. The zero-order valence-electron chi connectivity index (χ0n) is 12.0. The summed E-state index contributed by atoms with van der Waals surface area (Å²) in [6, 6.07) is 13.8. The molecule has 2 rings (SSSR count). The second kappa shape index (κ2) is 7.23. The Morgan fingerprint density at radius 1 is 1.14 bits per heavy atom. The second-order valence-corrected chi connectivity index (χ2v) is 6.63. The summed E-state index contributed by atoms with van der Waals surface area (Å²) >= 11 is 6.92. The van der Waals surface area contributed by atoms with Crippen molar-refractivity contribution in [2.45, 2.75) is 26.3 Å². The van der Waals surface area contributed by atoms with E-state index in [2.05, 4.69) is 44.1 Å². The van der Waals surface area contributed by atoms with Crippen LogP contribution in [0.3, 0.4) is 0 Å². The molecule has 1 atom stereocenters. The van der Waals surface area contributed by atoms with Crippen LogP contribution in [0.1, 0.15) is 40.9 Å². The van der Waals surface area contributed by atoms with E-state index in [1.165, 1.54) is 0 Å². The SMILES string of the molecule is CCC(NC(=O)c1cccc(C)c1Br)c1ccc(Br)cc1. The van der Waals surface area contributed by atoms with E-state index in [0.29, 0.717) is 5.56 Å². The number of carbonyl (C=O) groups is 1. The van der Waals surface area contributed by atoms with Crippen molar-refractivity contribution in [3.63, 3.8) is 0 Å². The van der Waals surface area contributed by atoms with Gasteiger partial charge in [-0.05, 0) is 58.6 Å². The molecular formula is C17H17Br2NO.